The van der Waals surface area contributed by atoms with Crippen LogP contribution in [0.1, 0.15) is 32.6 Å². The van der Waals surface area contributed by atoms with Gasteiger partial charge >= 0.3 is 0 Å². The number of unbranched alkanes of at least 4 members (excludes halogenated alkanes) is 2. The van der Waals surface area contributed by atoms with E-state index in [0.717, 1.165) is 25.7 Å². The number of hydrogen-bond donors (Lipinski definition) is 1. The van der Waals surface area contributed by atoms with Gasteiger partial charge in [-0.25, -0.2) is 0 Å². The molecule has 1 N–H and O–H groups in total. The fraction of sp³-hybridized carbons (Fsp3) is 0.400. The molecule has 0 amide bonds. The molecule has 0 aromatic rings. The van der Waals surface area contributed by atoms with E-state index in [0.29, 0.717) is 6.29 Å². The molecule has 0 heterocycles. The lowest BCUT2D eigenvalue weighted by Crippen LogP contribution is -2.00. The van der Waals surface area contributed by atoms with Crippen molar-refractivity contribution in [3.63, 3.8) is 0 Å². The first kappa shape index (κ1) is 15.2. The molecule has 0 bridgehead atoms. The summed E-state index contributed by atoms with van der Waals surface area (Å²) < 4.78 is 0. The summed E-state index contributed by atoms with van der Waals surface area (Å²) in [5, 5.41) is 9.51. The van der Waals surface area contributed by atoms with Gasteiger partial charge in [-0.05, 0) is 42.6 Å². The van der Waals surface area contributed by atoms with Gasteiger partial charge in [-0.15, -0.1) is 0 Å². The zero-order valence-electron chi connectivity index (χ0n) is 10.1. The Kier molecular flexibility index (Phi) is 11.0. The fourth-order valence-electron chi connectivity index (χ4n) is 1.10. The summed E-state index contributed by atoms with van der Waals surface area (Å²) in [6.45, 7) is 2.13. The van der Waals surface area contributed by atoms with E-state index in [1.807, 2.05) is 0 Å². The smallest absolute Gasteiger partial charge is 0.143 e. The topological polar surface area (TPSA) is 37.3 Å². The standard InChI is InChI=1S/C15H18O2/c1-2-3-9-12-15(17)13-10-7-5-4-6-8-11-14-16/h8,10-11,13-15,17H,2-3,9,12H2,1H3/b11-8+,13-10+/t15-/m1/s1. The predicted octanol–water partition coefficient (Wildman–Crippen LogP) is 2.25. The zero-order chi connectivity index (χ0) is 12.8. The summed E-state index contributed by atoms with van der Waals surface area (Å²) in [6, 6.07) is 0. The number of carbonyl (C=O) groups is 1. The molecule has 17 heavy (non-hydrogen) atoms. The molecule has 0 aliphatic carbocycles. The van der Waals surface area contributed by atoms with Crippen molar-refractivity contribution in [2.24, 2.45) is 0 Å². The van der Waals surface area contributed by atoms with Crippen molar-refractivity contribution in [3.8, 4) is 23.7 Å². The fourth-order valence-corrected chi connectivity index (χ4v) is 1.10. The van der Waals surface area contributed by atoms with Crippen molar-refractivity contribution in [1.29, 1.82) is 0 Å². The van der Waals surface area contributed by atoms with Gasteiger partial charge in [-0.1, -0.05) is 38.0 Å². The minimum Gasteiger partial charge on any atom is -0.389 e. The molecule has 90 valence electrons. The Hall–Kier alpha value is -1.77. The molecular weight excluding hydrogens is 212 g/mol. The second-order valence-corrected chi connectivity index (χ2v) is 3.46. The van der Waals surface area contributed by atoms with Crippen LogP contribution in [0.2, 0.25) is 0 Å². The quantitative estimate of drug-likeness (QED) is 0.329. The molecule has 0 saturated heterocycles. The molecule has 0 rings (SSSR count). The van der Waals surface area contributed by atoms with Crippen LogP contribution in [0.5, 0.6) is 0 Å². The monoisotopic (exact) mass is 230 g/mol. The van der Waals surface area contributed by atoms with E-state index < -0.39 is 6.10 Å². The molecule has 1 atom stereocenters. The molecule has 0 aromatic heterocycles. The van der Waals surface area contributed by atoms with E-state index in [4.69, 9.17) is 0 Å². The van der Waals surface area contributed by atoms with Crippen molar-refractivity contribution >= 4 is 6.29 Å². The Balaban J connectivity index is 3.84. The van der Waals surface area contributed by atoms with Crippen LogP contribution in [0.15, 0.2) is 24.3 Å². The lowest BCUT2D eigenvalue weighted by molar-refractivity contribution is -0.104. The number of aliphatic hydroxyl groups excluding tert-OH is 1. The van der Waals surface area contributed by atoms with Crippen LogP contribution >= 0.6 is 0 Å². The minimum absolute atomic E-state index is 0.418. The normalized spacial score (nSPS) is 11.6. The summed E-state index contributed by atoms with van der Waals surface area (Å²) in [4.78, 5) is 9.89. The second-order valence-electron chi connectivity index (χ2n) is 3.46. The maximum Gasteiger partial charge on any atom is 0.143 e. The first-order chi connectivity index (χ1) is 8.31. The van der Waals surface area contributed by atoms with E-state index in [9.17, 15) is 9.90 Å². The second kappa shape index (κ2) is 12.3. The average molecular weight is 230 g/mol. The summed E-state index contributed by atoms with van der Waals surface area (Å²) >= 11 is 0. The van der Waals surface area contributed by atoms with E-state index in [2.05, 4.69) is 30.6 Å². The van der Waals surface area contributed by atoms with E-state index >= 15 is 0 Å². The third-order valence-corrected chi connectivity index (χ3v) is 1.97. The molecular formula is C15H18O2. The summed E-state index contributed by atoms with van der Waals surface area (Å²) in [5.74, 6) is 10.4. The van der Waals surface area contributed by atoms with Crippen molar-refractivity contribution in [2.45, 2.75) is 38.7 Å². The number of aliphatic hydroxyl groups is 1. The lowest BCUT2D eigenvalue weighted by atomic mass is 10.1. The highest BCUT2D eigenvalue weighted by Crippen LogP contribution is 2.03. The van der Waals surface area contributed by atoms with Crippen LogP contribution in [0.4, 0.5) is 0 Å². The largest absolute Gasteiger partial charge is 0.389 e. The first-order valence-corrected chi connectivity index (χ1v) is 5.77. The molecule has 0 fully saturated rings. The van der Waals surface area contributed by atoms with Crippen molar-refractivity contribution < 1.29 is 9.90 Å². The SMILES string of the molecule is CCCCC[C@@H](O)/C=C/C#CC#C/C=C/C=O. The minimum atomic E-state index is -0.418. The van der Waals surface area contributed by atoms with Crippen LogP contribution in [-0.2, 0) is 4.79 Å². The Labute approximate surface area is 103 Å². The van der Waals surface area contributed by atoms with Crippen LogP contribution in [0.25, 0.3) is 0 Å². The maximum absolute atomic E-state index is 9.89. The molecule has 0 aliphatic heterocycles. The van der Waals surface area contributed by atoms with Gasteiger partial charge in [0.25, 0.3) is 0 Å². The molecule has 0 unspecified atom stereocenters. The molecule has 2 nitrogen and oxygen atoms in total. The third kappa shape index (κ3) is 12.2. The Morgan fingerprint density at radius 3 is 2.53 bits per heavy atom. The summed E-state index contributed by atoms with van der Waals surface area (Å²) in [7, 11) is 0. The first-order valence-electron chi connectivity index (χ1n) is 5.77. The van der Waals surface area contributed by atoms with E-state index in [1.165, 1.54) is 12.2 Å². The molecule has 0 spiro atoms. The average Bonchev–Trinajstić information content (AvgIpc) is 2.33. The summed E-state index contributed by atoms with van der Waals surface area (Å²) in [6.07, 6.45) is 10.4. The maximum atomic E-state index is 9.89. The van der Waals surface area contributed by atoms with Crippen LogP contribution in [-0.4, -0.2) is 17.5 Å². The molecule has 0 saturated carbocycles. The lowest BCUT2D eigenvalue weighted by Gasteiger charge is -2.02. The van der Waals surface area contributed by atoms with Crippen molar-refractivity contribution in [2.75, 3.05) is 0 Å². The van der Waals surface area contributed by atoms with Crippen molar-refractivity contribution in [1.82, 2.24) is 0 Å². The molecule has 0 aliphatic rings. The number of allylic oxidation sites excluding steroid dienone is 3. The third-order valence-electron chi connectivity index (χ3n) is 1.97. The highest BCUT2D eigenvalue weighted by Gasteiger charge is 1.96. The predicted molar refractivity (Wildman–Crippen MR) is 70.0 cm³/mol. The van der Waals surface area contributed by atoms with E-state index in [-0.39, 0.29) is 0 Å². The number of aldehydes is 1. The van der Waals surface area contributed by atoms with Crippen LogP contribution < -0.4 is 0 Å². The number of carbonyl (C=O) groups excluding carboxylic acids is 1. The highest BCUT2D eigenvalue weighted by molar-refractivity contribution is 5.65. The Morgan fingerprint density at radius 1 is 1.18 bits per heavy atom. The van der Waals surface area contributed by atoms with Gasteiger partial charge in [0.1, 0.15) is 6.29 Å². The zero-order valence-corrected chi connectivity index (χ0v) is 10.1. The molecule has 2 heteroatoms. The summed E-state index contributed by atoms with van der Waals surface area (Å²) in [5.41, 5.74) is 0. The van der Waals surface area contributed by atoms with Gasteiger partial charge in [0.15, 0.2) is 0 Å². The Bertz CT molecular complexity index is 369. The van der Waals surface area contributed by atoms with Gasteiger partial charge < -0.3 is 5.11 Å². The molecule has 0 radical (unpaired) electrons. The highest BCUT2D eigenvalue weighted by atomic mass is 16.3. The van der Waals surface area contributed by atoms with E-state index in [1.54, 1.807) is 12.2 Å². The number of rotatable bonds is 6. The van der Waals surface area contributed by atoms with Gasteiger partial charge in [0.2, 0.25) is 0 Å². The van der Waals surface area contributed by atoms with Crippen LogP contribution in [0, 0.1) is 23.7 Å². The van der Waals surface area contributed by atoms with Crippen LogP contribution in [0.3, 0.4) is 0 Å². The van der Waals surface area contributed by atoms with Gasteiger partial charge in [0.05, 0.1) is 6.10 Å². The Morgan fingerprint density at radius 2 is 1.88 bits per heavy atom. The van der Waals surface area contributed by atoms with Gasteiger partial charge in [0, 0.05) is 0 Å². The van der Waals surface area contributed by atoms with Gasteiger partial charge in [-0.2, -0.15) is 0 Å². The van der Waals surface area contributed by atoms with Crippen molar-refractivity contribution in [3.05, 3.63) is 24.3 Å². The molecule has 0 aromatic carbocycles. The number of hydrogen-bond acceptors (Lipinski definition) is 2. The van der Waals surface area contributed by atoms with Gasteiger partial charge in [-0.3, -0.25) is 4.79 Å².